The van der Waals surface area contributed by atoms with E-state index in [0.717, 1.165) is 6.42 Å². The number of hydrogen-bond donors (Lipinski definition) is 1. The average Bonchev–Trinajstić information content (AvgIpc) is 3.27. The third-order valence-electron chi connectivity index (χ3n) is 4.28. The third-order valence-corrected chi connectivity index (χ3v) is 4.28. The molecule has 1 aliphatic heterocycles. The lowest BCUT2D eigenvalue weighted by Gasteiger charge is -2.16. The van der Waals surface area contributed by atoms with Crippen LogP contribution in [0.25, 0.3) is 5.69 Å². The minimum Gasteiger partial charge on any atom is -0.376 e. The number of rotatable bonds is 6. The first-order valence-electron chi connectivity index (χ1n) is 8.82. The number of benzene rings is 1. The van der Waals surface area contributed by atoms with E-state index in [0.29, 0.717) is 31.3 Å². The second-order valence-corrected chi connectivity index (χ2v) is 6.92. The molecule has 0 aliphatic carbocycles. The minimum atomic E-state index is -0.625. The van der Waals surface area contributed by atoms with E-state index < -0.39 is 5.91 Å². The van der Waals surface area contributed by atoms with Crippen molar-refractivity contribution in [2.75, 3.05) is 19.7 Å². The largest absolute Gasteiger partial charge is 0.376 e. The van der Waals surface area contributed by atoms with Crippen LogP contribution in [0.3, 0.4) is 0 Å². The number of nitrogens with two attached hydrogens (primary N) is 1. The van der Waals surface area contributed by atoms with Gasteiger partial charge >= 0.3 is 0 Å². The summed E-state index contributed by atoms with van der Waals surface area (Å²) in [5, 5.41) is 4.33. The summed E-state index contributed by atoms with van der Waals surface area (Å²) in [6, 6.07) is 10.6. The van der Waals surface area contributed by atoms with Gasteiger partial charge in [0.05, 0.1) is 11.8 Å². The van der Waals surface area contributed by atoms with E-state index in [-0.39, 0.29) is 23.4 Å². The molecule has 1 aromatic heterocycles. The summed E-state index contributed by atoms with van der Waals surface area (Å²) in [6.45, 7) is 6.03. The maximum atomic E-state index is 12.8. The SMILES string of the molecule is CC(C)COC1CCN(C(=O)c2cc(C(N)=O)n(-c3ccccc3)n2)C1. The van der Waals surface area contributed by atoms with Gasteiger partial charge < -0.3 is 15.4 Å². The van der Waals surface area contributed by atoms with E-state index in [1.807, 2.05) is 18.2 Å². The molecule has 1 aliphatic rings. The lowest BCUT2D eigenvalue weighted by Crippen LogP contribution is -2.30. The lowest BCUT2D eigenvalue weighted by molar-refractivity contribution is 0.0395. The predicted molar refractivity (Wildman–Crippen MR) is 97.2 cm³/mol. The molecule has 26 heavy (non-hydrogen) atoms. The van der Waals surface area contributed by atoms with Gasteiger partial charge in [-0.2, -0.15) is 5.10 Å². The van der Waals surface area contributed by atoms with E-state index >= 15 is 0 Å². The molecule has 7 nitrogen and oxygen atoms in total. The molecule has 1 atom stereocenters. The van der Waals surface area contributed by atoms with Crippen LogP contribution >= 0.6 is 0 Å². The summed E-state index contributed by atoms with van der Waals surface area (Å²) in [4.78, 5) is 26.3. The molecule has 2 aromatic rings. The molecule has 0 spiro atoms. The number of hydrogen-bond acceptors (Lipinski definition) is 4. The van der Waals surface area contributed by atoms with Gasteiger partial charge in [0.2, 0.25) is 0 Å². The number of carbonyl (C=O) groups excluding carboxylic acids is 2. The van der Waals surface area contributed by atoms with Crippen LogP contribution in [-0.2, 0) is 4.74 Å². The van der Waals surface area contributed by atoms with Gasteiger partial charge in [0, 0.05) is 25.8 Å². The van der Waals surface area contributed by atoms with E-state index in [1.165, 1.54) is 10.7 Å². The highest BCUT2D eigenvalue weighted by Crippen LogP contribution is 2.18. The first-order chi connectivity index (χ1) is 12.5. The van der Waals surface area contributed by atoms with Gasteiger partial charge in [-0.15, -0.1) is 0 Å². The van der Waals surface area contributed by atoms with Gasteiger partial charge in [0.25, 0.3) is 11.8 Å². The van der Waals surface area contributed by atoms with Gasteiger partial charge in [0.15, 0.2) is 5.69 Å². The van der Waals surface area contributed by atoms with Crippen LogP contribution in [0.2, 0.25) is 0 Å². The summed E-state index contributed by atoms with van der Waals surface area (Å²) in [5.74, 6) is -0.378. The van der Waals surface area contributed by atoms with Crippen LogP contribution in [-0.4, -0.2) is 52.3 Å². The number of ether oxygens (including phenoxy) is 1. The topological polar surface area (TPSA) is 90.5 Å². The number of nitrogens with zero attached hydrogens (tertiary/aromatic N) is 3. The zero-order valence-corrected chi connectivity index (χ0v) is 15.1. The van der Waals surface area contributed by atoms with Crippen LogP contribution in [0.1, 0.15) is 41.2 Å². The third kappa shape index (κ3) is 3.94. The minimum absolute atomic E-state index is 0.0492. The standard InChI is InChI=1S/C19H24N4O3/c1-13(2)12-26-15-8-9-22(11-15)19(25)16-10-17(18(20)24)23(21-16)14-6-4-3-5-7-14/h3-7,10,13,15H,8-9,11-12H2,1-2H3,(H2,20,24). The van der Waals surface area contributed by atoms with Crippen LogP contribution in [0.15, 0.2) is 36.4 Å². The van der Waals surface area contributed by atoms with E-state index in [1.54, 1.807) is 17.0 Å². The Morgan fingerprint density at radius 1 is 1.31 bits per heavy atom. The molecule has 1 unspecified atom stereocenters. The molecular formula is C19H24N4O3. The Morgan fingerprint density at radius 3 is 2.69 bits per heavy atom. The summed E-state index contributed by atoms with van der Waals surface area (Å²) in [6.07, 6.45) is 0.855. The highest BCUT2D eigenvalue weighted by Gasteiger charge is 2.30. The number of para-hydroxylation sites is 1. The van der Waals surface area contributed by atoms with Crippen molar-refractivity contribution in [1.82, 2.24) is 14.7 Å². The van der Waals surface area contributed by atoms with Crippen LogP contribution in [0, 0.1) is 5.92 Å². The molecule has 2 amide bonds. The Bertz CT molecular complexity index is 785. The van der Waals surface area contributed by atoms with Gasteiger partial charge in [-0.1, -0.05) is 32.0 Å². The van der Waals surface area contributed by atoms with Crippen LogP contribution in [0.4, 0.5) is 0 Å². The summed E-state index contributed by atoms with van der Waals surface area (Å²) >= 11 is 0. The van der Waals surface area contributed by atoms with Gasteiger partial charge in [-0.3, -0.25) is 9.59 Å². The smallest absolute Gasteiger partial charge is 0.274 e. The zero-order chi connectivity index (χ0) is 18.7. The second-order valence-electron chi connectivity index (χ2n) is 6.92. The van der Waals surface area contributed by atoms with Crippen molar-refractivity contribution >= 4 is 11.8 Å². The molecule has 2 N–H and O–H groups in total. The molecule has 0 saturated carbocycles. The average molecular weight is 356 g/mol. The molecule has 0 radical (unpaired) electrons. The second kappa shape index (κ2) is 7.70. The predicted octanol–water partition coefficient (Wildman–Crippen LogP) is 1.86. The first-order valence-corrected chi connectivity index (χ1v) is 8.82. The number of primary amides is 1. The highest BCUT2D eigenvalue weighted by atomic mass is 16.5. The quantitative estimate of drug-likeness (QED) is 0.855. The zero-order valence-electron chi connectivity index (χ0n) is 15.1. The van der Waals surface area contributed by atoms with Crippen molar-refractivity contribution in [3.8, 4) is 5.69 Å². The Balaban J connectivity index is 1.77. The molecule has 2 heterocycles. The number of amides is 2. The fourth-order valence-corrected chi connectivity index (χ4v) is 2.97. The summed E-state index contributed by atoms with van der Waals surface area (Å²) in [7, 11) is 0. The number of aromatic nitrogens is 2. The van der Waals surface area contributed by atoms with Crippen molar-refractivity contribution in [3.63, 3.8) is 0 Å². The molecule has 0 bridgehead atoms. The highest BCUT2D eigenvalue weighted by molar-refractivity contribution is 5.97. The number of carbonyl (C=O) groups is 2. The molecule has 7 heteroatoms. The van der Waals surface area contributed by atoms with Gasteiger partial charge in [-0.25, -0.2) is 4.68 Å². The molecule has 1 fully saturated rings. The molecule has 1 aromatic carbocycles. The van der Waals surface area contributed by atoms with E-state index in [2.05, 4.69) is 18.9 Å². The molecular weight excluding hydrogens is 332 g/mol. The van der Waals surface area contributed by atoms with Crippen molar-refractivity contribution in [1.29, 1.82) is 0 Å². The molecule has 3 rings (SSSR count). The van der Waals surface area contributed by atoms with Crippen molar-refractivity contribution in [2.24, 2.45) is 11.7 Å². The summed E-state index contributed by atoms with van der Waals surface area (Å²) in [5.41, 5.74) is 6.55. The van der Waals surface area contributed by atoms with Crippen molar-refractivity contribution in [3.05, 3.63) is 47.8 Å². The Labute approximate surface area is 152 Å². The monoisotopic (exact) mass is 356 g/mol. The van der Waals surface area contributed by atoms with E-state index in [4.69, 9.17) is 10.5 Å². The Kier molecular flexibility index (Phi) is 5.37. The first kappa shape index (κ1) is 18.1. The fraction of sp³-hybridized carbons (Fsp3) is 0.421. The molecule has 1 saturated heterocycles. The number of likely N-dealkylation sites (tertiary alicyclic amines) is 1. The van der Waals surface area contributed by atoms with Crippen molar-refractivity contribution < 1.29 is 14.3 Å². The normalized spacial score (nSPS) is 17.0. The van der Waals surface area contributed by atoms with Gasteiger partial charge in [-0.05, 0) is 24.5 Å². The van der Waals surface area contributed by atoms with Crippen LogP contribution < -0.4 is 5.73 Å². The fourth-order valence-electron chi connectivity index (χ4n) is 2.97. The van der Waals surface area contributed by atoms with Crippen molar-refractivity contribution in [2.45, 2.75) is 26.4 Å². The summed E-state index contributed by atoms with van der Waals surface area (Å²) < 4.78 is 7.24. The maximum Gasteiger partial charge on any atom is 0.274 e. The molecule has 138 valence electrons. The Morgan fingerprint density at radius 2 is 2.04 bits per heavy atom. The van der Waals surface area contributed by atoms with Crippen LogP contribution in [0.5, 0.6) is 0 Å². The maximum absolute atomic E-state index is 12.8. The lowest BCUT2D eigenvalue weighted by atomic mass is 10.2. The van der Waals surface area contributed by atoms with E-state index in [9.17, 15) is 9.59 Å². The Hall–Kier alpha value is -2.67. The van der Waals surface area contributed by atoms with Gasteiger partial charge in [0.1, 0.15) is 5.69 Å².